The fourth-order valence-electron chi connectivity index (χ4n) is 2.30. The van der Waals surface area contributed by atoms with Crippen molar-refractivity contribution in [1.82, 2.24) is 5.32 Å². The molecule has 0 aromatic rings. The molecular weight excluding hydrogens is 186 g/mol. The van der Waals surface area contributed by atoms with Crippen molar-refractivity contribution in [1.29, 1.82) is 0 Å². The monoisotopic (exact) mass is 211 g/mol. The van der Waals surface area contributed by atoms with Crippen LogP contribution in [0.5, 0.6) is 0 Å². The lowest BCUT2D eigenvalue weighted by Gasteiger charge is -2.25. The molecule has 0 saturated heterocycles. The van der Waals surface area contributed by atoms with Crippen molar-refractivity contribution in [2.75, 3.05) is 0 Å². The zero-order chi connectivity index (χ0) is 11.1. The van der Waals surface area contributed by atoms with Crippen molar-refractivity contribution in [2.24, 2.45) is 0 Å². The van der Waals surface area contributed by atoms with Crippen LogP contribution in [0, 0.1) is 0 Å². The molecule has 2 nitrogen and oxygen atoms in total. The molecule has 0 bridgehead atoms. The minimum Gasteiger partial charge on any atom is -0.392 e. The van der Waals surface area contributed by atoms with Crippen molar-refractivity contribution >= 4 is 0 Å². The van der Waals surface area contributed by atoms with Crippen LogP contribution >= 0.6 is 0 Å². The number of hydrogen-bond acceptors (Lipinski definition) is 2. The lowest BCUT2D eigenvalue weighted by Crippen LogP contribution is -2.43. The molecule has 1 fully saturated rings. The molecule has 2 heteroatoms. The number of nitrogens with one attached hydrogen (secondary N) is 1. The first-order chi connectivity index (χ1) is 7.24. The van der Waals surface area contributed by atoms with Crippen LogP contribution in [0.3, 0.4) is 0 Å². The maximum atomic E-state index is 9.94. The lowest BCUT2D eigenvalue weighted by atomic mass is 10.0. The highest BCUT2D eigenvalue weighted by atomic mass is 16.3. The van der Waals surface area contributed by atoms with E-state index in [0.717, 1.165) is 25.7 Å². The summed E-state index contributed by atoms with van der Waals surface area (Å²) in [5, 5.41) is 13.5. The molecular formula is C13H25NO. The minimum absolute atomic E-state index is 0.140. The van der Waals surface area contributed by atoms with Gasteiger partial charge in [0.2, 0.25) is 0 Å². The third kappa shape index (κ3) is 4.80. The maximum Gasteiger partial charge on any atom is 0.0693 e. The van der Waals surface area contributed by atoms with E-state index in [0.29, 0.717) is 12.1 Å². The van der Waals surface area contributed by atoms with Gasteiger partial charge in [0.15, 0.2) is 0 Å². The summed E-state index contributed by atoms with van der Waals surface area (Å²) in [6, 6.07) is 0.799. The second kappa shape index (κ2) is 7.02. The van der Waals surface area contributed by atoms with Crippen molar-refractivity contribution in [3.63, 3.8) is 0 Å². The van der Waals surface area contributed by atoms with Crippen LogP contribution in [0.4, 0.5) is 0 Å². The molecule has 0 aromatic heterocycles. The highest BCUT2D eigenvalue weighted by molar-refractivity contribution is 4.82. The van der Waals surface area contributed by atoms with Gasteiger partial charge in [-0.25, -0.2) is 0 Å². The topological polar surface area (TPSA) is 32.3 Å². The molecule has 15 heavy (non-hydrogen) atoms. The van der Waals surface area contributed by atoms with Crippen LogP contribution in [0.25, 0.3) is 0 Å². The molecule has 1 saturated carbocycles. The first-order valence-electron chi connectivity index (χ1n) is 6.29. The average molecular weight is 211 g/mol. The van der Waals surface area contributed by atoms with Gasteiger partial charge in [-0.05, 0) is 32.6 Å². The Morgan fingerprint density at radius 2 is 2.13 bits per heavy atom. The van der Waals surface area contributed by atoms with Gasteiger partial charge >= 0.3 is 0 Å². The molecule has 2 N–H and O–H groups in total. The summed E-state index contributed by atoms with van der Waals surface area (Å²) in [7, 11) is 0. The highest BCUT2D eigenvalue weighted by Crippen LogP contribution is 2.18. The Labute approximate surface area is 93.8 Å². The van der Waals surface area contributed by atoms with Crippen LogP contribution in [-0.4, -0.2) is 23.3 Å². The minimum atomic E-state index is -0.140. The summed E-state index contributed by atoms with van der Waals surface area (Å²) in [4.78, 5) is 0. The maximum absolute atomic E-state index is 9.94. The Hall–Kier alpha value is -0.340. The lowest BCUT2D eigenvalue weighted by molar-refractivity contribution is 0.114. The second-order valence-electron chi connectivity index (χ2n) is 4.75. The molecule has 1 aliphatic carbocycles. The molecule has 0 aromatic carbocycles. The van der Waals surface area contributed by atoms with Gasteiger partial charge in [0.25, 0.3) is 0 Å². The van der Waals surface area contributed by atoms with Crippen molar-refractivity contribution < 1.29 is 5.11 Å². The molecule has 0 amide bonds. The number of aliphatic hydroxyl groups is 1. The predicted molar refractivity (Wildman–Crippen MR) is 64.9 cm³/mol. The van der Waals surface area contributed by atoms with E-state index in [2.05, 4.69) is 18.8 Å². The summed E-state index contributed by atoms with van der Waals surface area (Å²) in [6.45, 7) is 5.93. The van der Waals surface area contributed by atoms with Crippen LogP contribution < -0.4 is 5.32 Å². The normalized spacial score (nSPS) is 29.5. The molecule has 88 valence electrons. The standard InChI is InChI=1S/C13H25NO/c1-3-4-8-11(2)14-12-9-6-5-7-10-13(12)15/h3,11-15H,1,4-10H2,2H3. The van der Waals surface area contributed by atoms with E-state index < -0.39 is 0 Å². The van der Waals surface area contributed by atoms with Crippen LogP contribution in [0.15, 0.2) is 12.7 Å². The second-order valence-corrected chi connectivity index (χ2v) is 4.75. The van der Waals surface area contributed by atoms with Gasteiger partial charge in [0.1, 0.15) is 0 Å². The van der Waals surface area contributed by atoms with E-state index in [1.165, 1.54) is 19.3 Å². The largest absolute Gasteiger partial charge is 0.392 e. The van der Waals surface area contributed by atoms with Crippen LogP contribution in [0.1, 0.15) is 51.9 Å². The van der Waals surface area contributed by atoms with E-state index in [1.807, 2.05) is 6.08 Å². The zero-order valence-corrected chi connectivity index (χ0v) is 9.91. The molecule has 0 heterocycles. The third-order valence-corrected chi connectivity index (χ3v) is 3.28. The van der Waals surface area contributed by atoms with Crippen molar-refractivity contribution in [3.05, 3.63) is 12.7 Å². The molecule has 0 radical (unpaired) electrons. The molecule has 0 aliphatic heterocycles. The number of aliphatic hydroxyl groups excluding tert-OH is 1. The van der Waals surface area contributed by atoms with E-state index in [-0.39, 0.29) is 6.10 Å². The molecule has 1 rings (SSSR count). The smallest absolute Gasteiger partial charge is 0.0693 e. The number of allylic oxidation sites excluding steroid dienone is 1. The van der Waals surface area contributed by atoms with Crippen molar-refractivity contribution in [3.8, 4) is 0 Å². The van der Waals surface area contributed by atoms with Gasteiger partial charge in [0.05, 0.1) is 6.10 Å². The summed E-state index contributed by atoms with van der Waals surface area (Å²) in [5.74, 6) is 0. The predicted octanol–water partition coefficient (Wildman–Crippen LogP) is 2.62. The Morgan fingerprint density at radius 1 is 1.40 bits per heavy atom. The zero-order valence-electron chi connectivity index (χ0n) is 9.91. The fourth-order valence-corrected chi connectivity index (χ4v) is 2.30. The third-order valence-electron chi connectivity index (χ3n) is 3.28. The summed E-state index contributed by atoms with van der Waals surface area (Å²) in [6.07, 6.45) is 9.79. The summed E-state index contributed by atoms with van der Waals surface area (Å²) >= 11 is 0. The first kappa shape index (κ1) is 12.7. The Balaban J connectivity index is 2.30. The van der Waals surface area contributed by atoms with Crippen LogP contribution in [0.2, 0.25) is 0 Å². The molecule has 1 aliphatic rings. The van der Waals surface area contributed by atoms with Gasteiger partial charge < -0.3 is 10.4 Å². The van der Waals surface area contributed by atoms with Crippen molar-refractivity contribution in [2.45, 2.75) is 70.1 Å². The molecule has 3 unspecified atom stereocenters. The van der Waals surface area contributed by atoms with Gasteiger partial charge in [-0.2, -0.15) is 0 Å². The quantitative estimate of drug-likeness (QED) is 0.541. The van der Waals surface area contributed by atoms with E-state index in [1.54, 1.807) is 0 Å². The van der Waals surface area contributed by atoms with Crippen LogP contribution in [-0.2, 0) is 0 Å². The van der Waals surface area contributed by atoms with E-state index in [9.17, 15) is 5.11 Å². The fraction of sp³-hybridized carbons (Fsp3) is 0.846. The van der Waals surface area contributed by atoms with Gasteiger partial charge in [-0.3, -0.25) is 0 Å². The van der Waals surface area contributed by atoms with E-state index in [4.69, 9.17) is 0 Å². The van der Waals surface area contributed by atoms with Gasteiger partial charge in [0, 0.05) is 12.1 Å². The summed E-state index contributed by atoms with van der Waals surface area (Å²) in [5.41, 5.74) is 0. The van der Waals surface area contributed by atoms with Gasteiger partial charge in [-0.1, -0.05) is 25.3 Å². The molecule has 0 spiro atoms. The highest BCUT2D eigenvalue weighted by Gasteiger charge is 2.22. The number of hydrogen-bond donors (Lipinski definition) is 2. The SMILES string of the molecule is C=CCCC(C)NC1CCCCCC1O. The van der Waals surface area contributed by atoms with Gasteiger partial charge in [-0.15, -0.1) is 6.58 Å². The Morgan fingerprint density at radius 3 is 2.87 bits per heavy atom. The first-order valence-corrected chi connectivity index (χ1v) is 6.29. The molecule has 3 atom stereocenters. The number of rotatable bonds is 5. The Bertz CT molecular complexity index is 181. The van der Waals surface area contributed by atoms with E-state index >= 15 is 0 Å². The Kier molecular flexibility index (Phi) is 5.96. The average Bonchev–Trinajstić information content (AvgIpc) is 2.42. The summed E-state index contributed by atoms with van der Waals surface area (Å²) < 4.78 is 0.